The van der Waals surface area contributed by atoms with Crippen LogP contribution in [0.1, 0.15) is 19.2 Å². The van der Waals surface area contributed by atoms with Gasteiger partial charge in [-0.3, -0.25) is 4.68 Å². The summed E-state index contributed by atoms with van der Waals surface area (Å²) in [4.78, 5) is 4.05. The molecule has 0 aliphatic heterocycles. The van der Waals surface area contributed by atoms with E-state index in [9.17, 15) is 0 Å². The van der Waals surface area contributed by atoms with Crippen LogP contribution in [0.3, 0.4) is 0 Å². The first-order valence-electron chi connectivity index (χ1n) is 4.17. The van der Waals surface area contributed by atoms with E-state index < -0.39 is 0 Å². The molecule has 1 aromatic rings. The SMILES string of the molecule is CC(CC#N)NCc1ncn(C)n1. The van der Waals surface area contributed by atoms with E-state index in [4.69, 9.17) is 5.26 Å². The predicted molar refractivity (Wildman–Crippen MR) is 47.5 cm³/mol. The van der Waals surface area contributed by atoms with Crippen LogP contribution in [0, 0.1) is 11.3 Å². The van der Waals surface area contributed by atoms with Gasteiger partial charge in [-0.05, 0) is 6.92 Å². The van der Waals surface area contributed by atoms with Gasteiger partial charge in [0.05, 0.1) is 19.0 Å². The Hall–Kier alpha value is -1.41. The molecule has 0 saturated heterocycles. The van der Waals surface area contributed by atoms with Crippen LogP contribution in [0.15, 0.2) is 6.33 Å². The summed E-state index contributed by atoms with van der Waals surface area (Å²) in [5.74, 6) is 0.757. The number of nitrogens with zero attached hydrogens (tertiary/aromatic N) is 4. The molecule has 0 amide bonds. The molecule has 0 spiro atoms. The highest BCUT2D eigenvalue weighted by Gasteiger charge is 2.02. The summed E-state index contributed by atoms with van der Waals surface area (Å²) in [6.45, 7) is 2.58. The molecule has 1 unspecified atom stereocenters. The summed E-state index contributed by atoms with van der Waals surface area (Å²) in [5.41, 5.74) is 0. The van der Waals surface area contributed by atoms with Crippen molar-refractivity contribution in [3.63, 3.8) is 0 Å². The summed E-state index contributed by atoms with van der Waals surface area (Å²) in [7, 11) is 1.83. The maximum absolute atomic E-state index is 8.41. The van der Waals surface area contributed by atoms with Crippen molar-refractivity contribution >= 4 is 0 Å². The molecule has 0 saturated carbocycles. The van der Waals surface area contributed by atoms with Crippen LogP contribution >= 0.6 is 0 Å². The summed E-state index contributed by atoms with van der Waals surface area (Å²) in [5, 5.41) is 15.7. The Morgan fingerprint density at radius 3 is 3.08 bits per heavy atom. The maximum atomic E-state index is 8.41. The molecule has 1 heterocycles. The highest BCUT2D eigenvalue weighted by atomic mass is 15.3. The summed E-state index contributed by atoms with van der Waals surface area (Å²) in [6, 6.07) is 2.29. The van der Waals surface area contributed by atoms with Crippen molar-refractivity contribution in [2.24, 2.45) is 7.05 Å². The molecule has 1 N–H and O–H groups in total. The smallest absolute Gasteiger partial charge is 0.164 e. The molecule has 70 valence electrons. The van der Waals surface area contributed by atoms with E-state index in [0.29, 0.717) is 13.0 Å². The van der Waals surface area contributed by atoms with Gasteiger partial charge in [-0.2, -0.15) is 10.4 Å². The minimum absolute atomic E-state index is 0.189. The number of aryl methyl sites for hydroxylation is 1. The number of hydrogen-bond donors (Lipinski definition) is 1. The van der Waals surface area contributed by atoms with Crippen molar-refractivity contribution in [3.8, 4) is 6.07 Å². The van der Waals surface area contributed by atoms with Crippen LogP contribution in [-0.4, -0.2) is 20.8 Å². The van der Waals surface area contributed by atoms with Gasteiger partial charge < -0.3 is 5.32 Å². The summed E-state index contributed by atoms with van der Waals surface area (Å²) >= 11 is 0. The second-order valence-corrected chi connectivity index (χ2v) is 2.98. The van der Waals surface area contributed by atoms with Crippen LogP contribution in [-0.2, 0) is 13.6 Å². The predicted octanol–water partition coefficient (Wildman–Crippen LogP) is 0.207. The van der Waals surface area contributed by atoms with Crippen molar-refractivity contribution in [1.82, 2.24) is 20.1 Å². The fourth-order valence-corrected chi connectivity index (χ4v) is 0.940. The zero-order chi connectivity index (χ0) is 9.68. The Bertz CT molecular complexity index is 298. The zero-order valence-corrected chi connectivity index (χ0v) is 7.86. The highest BCUT2D eigenvalue weighted by Crippen LogP contribution is 1.92. The van der Waals surface area contributed by atoms with E-state index in [1.165, 1.54) is 0 Å². The van der Waals surface area contributed by atoms with E-state index in [-0.39, 0.29) is 6.04 Å². The lowest BCUT2D eigenvalue weighted by Crippen LogP contribution is -2.25. The van der Waals surface area contributed by atoms with Gasteiger partial charge in [0.1, 0.15) is 6.33 Å². The van der Waals surface area contributed by atoms with E-state index in [2.05, 4.69) is 21.5 Å². The van der Waals surface area contributed by atoms with Crippen molar-refractivity contribution in [2.75, 3.05) is 0 Å². The molecule has 5 nitrogen and oxygen atoms in total. The molecule has 0 aromatic carbocycles. The molecule has 0 aliphatic rings. The van der Waals surface area contributed by atoms with Crippen molar-refractivity contribution in [3.05, 3.63) is 12.2 Å². The van der Waals surface area contributed by atoms with Crippen molar-refractivity contribution in [2.45, 2.75) is 25.9 Å². The molecular formula is C8H13N5. The van der Waals surface area contributed by atoms with E-state index in [1.807, 2.05) is 14.0 Å². The van der Waals surface area contributed by atoms with Gasteiger partial charge in [-0.1, -0.05) is 0 Å². The van der Waals surface area contributed by atoms with Gasteiger partial charge in [0.15, 0.2) is 5.82 Å². The highest BCUT2D eigenvalue weighted by molar-refractivity contribution is 4.83. The number of nitriles is 1. The largest absolute Gasteiger partial charge is 0.306 e. The maximum Gasteiger partial charge on any atom is 0.164 e. The molecule has 0 bridgehead atoms. The molecule has 0 aliphatic carbocycles. The molecule has 0 fully saturated rings. The Kier molecular flexibility index (Phi) is 3.41. The monoisotopic (exact) mass is 179 g/mol. The Balaban J connectivity index is 2.31. The standard InChI is InChI=1S/C8H13N5/c1-7(3-4-9)10-5-8-11-6-13(2)12-8/h6-7,10H,3,5H2,1-2H3. The van der Waals surface area contributed by atoms with Crippen LogP contribution in [0.2, 0.25) is 0 Å². The Labute approximate surface area is 77.4 Å². The van der Waals surface area contributed by atoms with Crippen LogP contribution < -0.4 is 5.32 Å². The fourth-order valence-electron chi connectivity index (χ4n) is 0.940. The van der Waals surface area contributed by atoms with Gasteiger partial charge in [-0.25, -0.2) is 4.98 Å². The normalized spacial score (nSPS) is 12.4. The van der Waals surface area contributed by atoms with Crippen molar-refractivity contribution in [1.29, 1.82) is 5.26 Å². The lowest BCUT2D eigenvalue weighted by Gasteiger charge is -2.06. The first-order valence-corrected chi connectivity index (χ1v) is 4.17. The molecule has 1 rings (SSSR count). The third kappa shape index (κ3) is 3.22. The molecule has 1 atom stereocenters. The second kappa shape index (κ2) is 4.58. The number of nitrogens with one attached hydrogen (secondary N) is 1. The third-order valence-corrected chi connectivity index (χ3v) is 1.65. The first kappa shape index (κ1) is 9.68. The molecule has 0 radical (unpaired) electrons. The first-order chi connectivity index (χ1) is 6.22. The van der Waals surface area contributed by atoms with Crippen LogP contribution in [0.4, 0.5) is 0 Å². The average molecular weight is 179 g/mol. The zero-order valence-electron chi connectivity index (χ0n) is 7.86. The molecule has 1 aromatic heterocycles. The van der Waals surface area contributed by atoms with Crippen LogP contribution in [0.5, 0.6) is 0 Å². The topological polar surface area (TPSA) is 66.5 Å². The minimum Gasteiger partial charge on any atom is -0.306 e. The Morgan fingerprint density at radius 2 is 2.54 bits per heavy atom. The van der Waals surface area contributed by atoms with Gasteiger partial charge in [-0.15, -0.1) is 0 Å². The quantitative estimate of drug-likeness (QED) is 0.717. The van der Waals surface area contributed by atoms with Gasteiger partial charge >= 0.3 is 0 Å². The lowest BCUT2D eigenvalue weighted by molar-refractivity contribution is 0.541. The van der Waals surface area contributed by atoms with E-state index >= 15 is 0 Å². The number of rotatable bonds is 4. The van der Waals surface area contributed by atoms with Gasteiger partial charge in [0.2, 0.25) is 0 Å². The minimum atomic E-state index is 0.189. The fraction of sp³-hybridized carbons (Fsp3) is 0.625. The average Bonchev–Trinajstić information content (AvgIpc) is 2.49. The van der Waals surface area contributed by atoms with Gasteiger partial charge in [0.25, 0.3) is 0 Å². The summed E-state index contributed by atoms with van der Waals surface area (Å²) < 4.78 is 1.66. The third-order valence-electron chi connectivity index (χ3n) is 1.65. The molecule has 13 heavy (non-hydrogen) atoms. The molecular weight excluding hydrogens is 166 g/mol. The lowest BCUT2D eigenvalue weighted by atomic mass is 10.2. The number of aromatic nitrogens is 3. The van der Waals surface area contributed by atoms with E-state index in [1.54, 1.807) is 11.0 Å². The second-order valence-electron chi connectivity index (χ2n) is 2.98. The van der Waals surface area contributed by atoms with Crippen LogP contribution in [0.25, 0.3) is 0 Å². The van der Waals surface area contributed by atoms with Crippen molar-refractivity contribution < 1.29 is 0 Å². The Morgan fingerprint density at radius 1 is 1.77 bits per heavy atom. The van der Waals surface area contributed by atoms with Gasteiger partial charge in [0, 0.05) is 13.1 Å². The summed E-state index contributed by atoms with van der Waals surface area (Å²) in [6.07, 6.45) is 2.17. The van der Waals surface area contributed by atoms with E-state index in [0.717, 1.165) is 5.82 Å². The molecule has 5 heteroatoms. The number of hydrogen-bond acceptors (Lipinski definition) is 4.